The summed E-state index contributed by atoms with van der Waals surface area (Å²) in [7, 11) is 0. The Labute approximate surface area is 145 Å². The summed E-state index contributed by atoms with van der Waals surface area (Å²) in [4.78, 5) is 26.6. The molecule has 6 heteroatoms. The Balaban J connectivity index is 1.66. The van der Waals surface area contributed by atoms with Crippen molar-refractivity contribution in [2.24, 2.45) is 5.92 Å². The van der Waals surface area contributed by atoms with Crippen molar-refractivity contribution < 1.29 is 19.1 Å². The van der Waals surface area contributed by atoms with E-state index >= 15 is 0 Å². The van der Waals surface area contributed by atoms with Crippen LogP contribution in [0.15, 0.2) is 48.5 Å². The number of nitrogens with one attached hydrogen (secondary N) is 1. The Morgan fingerprint density at radius 1 is 1.16 bits per heavy atom. The Morgan fingerprint density at radius 3 is 2.64 bits per heavy atom. The van der Waals surface area contributed by atoms with Crippen molar-refractivity contribution in [2.75, 3.05) is 18.4 Å². The summed E-state index contributed by atoms with van der Waals surface area (Å²) >= 11 is 0. The van der Waals surface area contributed by atoms with Crippen molar-refractivity contribution >= 4 is 17.5 Å². The molecule has 3 rings (SSSR count). The molecule has 1 atom stereocenters. The fourth-order valence-corrected chi connectivity index (χ4v) is 2.98. The molecule has 2 aromatic rings. The average Bonchev–Trinajstić information content (AvgIpc) is 2.64. The van der Waals surface area contributed by atoms with Crippen molar-refractivity contribution in [3.8, 4) is 5.75 Å². The quantitative estimate of drug-likeness (QED) is 0.843. The molecule has 5 nitrogen and oxygen atoms in total. The molecule has 1 aliphatic heterocycles. The van der Waals surface area contributed by atoms with Gasteiger partial charge in [0, 0.05) is 24.7 Å². The number of phenolic OH excluding ortho intramolecular Hbond substituents is 1. The van der Waals surface area contributed by atoms with Crippen molar-refractivity contribution in [3.63, 3.8) is 0 Å². The molecule has 0 saturated carbocycles. The van der Waals surface area contributed by atoms with Gasteiger partial charge < -0.3 is 15.3 Å². The Morgan fingerprint density at radius 2 is 1.92 bits per heavy atom. The van der Waals surface area contributed by atoms with E-state index in [1.54, 1.807) is 29.2 Å². The third-order valence-corrected chi connectivity index (χ3v) is 4.31. The minimum atomic E-state index is -0.693. The van der Waals surface area contributed by atoms with E-state index in [4.69, 9.17) is 0 Å². The highest BCUT2D eigenvalue weighted by Crippen LogP contribution is 2.23. The van der Waals surface area contributed by atoms with Gasteiger partial charge in [-0.1, -0.05) is 18.2 Å². The second-order valence-corrected chi connectivity index (χ2v) is 6.11. The van der Waals surface area contributed by atoms with Gasteiger partial charge in [0.15, 0.2) is 0 Å². The number of nitrogens with zero attached hydrogens (tertiary/aromatic N) is 1. The molecule has 0 bridgehead atoms. The number of anilines is 1. The molecule has 1 aliphatic rings. The molecule has 0 spiro atoms. The van der Waals surface area contributed by atoms with Gasteiger partial charge in [-0.2, -0.15) is 0 Å². The normalized spacial score (nSPS) is 17.2. The highest BCUT2D eigenvalue weighted by Gasteiger charge is 2.29. The van der Waals surface area contributed by atoms with E-state index in [2.05, 4.69) is 5.32 Å². The maximum absolute atomic E-state index is 13.8. The number of benzene rings is 2. The average molecular weight is 342 g/mol. The molecule has 1 heterocycles. The predicted octanol–water partition coefficient (Wildman–Crippen LogP) is 3.02. The molecular formula is C19H19FN2O3. The van der Waals surface area contributed by atoms with Crippen molar-refractivity contribution in [1.29, 1.82) is 0 Å². The van der Waals surface area contributed by atoms with Gasteiger partial charge >= 0.3 is 0 Å². The summed E-state index contributed by atoms with van der Waals surface area (Å²) in [6.07, 6.45) is 1.36. The number of halogens is 1. The number of carbonyl (C=O) groups is 2. The topological polar surface area (TPSA) is 69.6 Å². The summed E-state index contributed by atoms with van der Waals surface area (Å²) in [5.74, 6) is -1.71. The van der Waals surface area contributed by atoms with E-state index in [0.29, 0.717) is 31.5 Å². The zero-order valence-electron chi connectivity index (χ0n) is 13.6. The first kappa shape index (κ1) is 17.0. The molecule has 1 unspecified atom stereocenters. The minimum Gasteiger partial charge on any atom is -0.508 e. The van der Waals surface area contributed by atoms with E-state index in [1.807, 2.05) is 6.07 Å². The van der Waals surface area contributed by atoms with E-state index in [9.17, 15) is 19.1 Å². The molecular weight excluding hydrogens is 323 g/mol. The summed E-state index contributed by atoms with van der Waals surface area (Å²) in [5.41, 5.74) is 0.613. The Bertz CT molecular complexity index is 779. The maximum atomic E-state index is 13.8. The number of rotatable bonds is 3. The number of phenols is 1. The standard InChI is InChI=1S/C19H19FN2O3/c20-16-11-15(23)8-9-17(16)21-18(24)14-7-4-10-22(12-14)19(25)13-5-2-1-3-6-13/h1-3,5-6,8-9,11,14,23H,4,7,10,12H2,(H,21,24). The van der Waals surface area contributed by atoms with Crippen LogP contribution in [-0.2, 0) is 4.79 Å². The number of hydrogen-bond donors (Lipinski definition) is 2. The first-order valence-corrected chi connectivity index (χ1v) is 8.18. The molecule has 25 heavy (non-hydrogen) atoms. The second kappa shape index (κ2) is 7.34. The van der Waals surface area contributed by atoms with E-state index in [0.717, 1.165) is 6.07 Å². The first-order valence-electron chi connectivity index (χ1n) is 8.18. The van der Waals surface area contributed by atoms with E-state index in [1.165, 1.54) is 12.1 Å². The molecule has 1 saturated heterocycles. The van der Waals surface area contributed by atoms with Gasteiger partial charge in [0.1, 0.15) is 11.6 Å². The zero-order chi connectivity index (χ0) is 17.8. The monoisotopic (exact) mass is 342 g/mol. The van der Waals surface area contributed by atoms with Gasteiger partial charge in [-0.25, -0.2) is 4.39 Å². The highest BCUT2D eigenvalue weighted by atomic mass is 19.1. The summed E-state index contributed by atoms with van der Waals surface area (Å²) in [6, 6.07) is 12.5. The first-order chi connectivity index (χ1) is 12.0. The fourth-order valence-electron chi connectivity index (χ4n) is 2.98. The highest BCUT2D eigenvalue weighted by molar-refractivity contribution is 5.96. The fraction of sp³-hybridized carbons (Fsp3) is 0.263. The summed E-state index contributed by atoms with van der Waals surface area (Å²) in [6.45, 7) is 0.907. The third-order valence-electron chi connectivity index (χ3n) is 4.31. The van der Waals surface area contributed by atoms with Gasteiger partial charge in [0.25, 0.3) is 5.91 Å². The minimum absolute atomic E-state index is 0.0225. The van der Waals surface area contributed by atoms with Crippen LogP contribution in [0.25, 0.3) is 0 Å². The van der Waals surface area contributed by atoms with E-state index < -0.39 is 11.7 Å². The number of aromatic hydroxyl groups is 1. The van der Waals surface area contributed by atoms with Gasteiger partial charge in [-0.15, -0.1) is 0 Å². The lowest BCUT2D eigenvalue weighted by atomic mass is 9.96. The van der Waals surface area contributed by atoms with Gasteiger partial charge in [0.2, 0.25) is 5.91 Å². The molecule has 2 N–H and O–H groups in total. The molecule has 2 amide bonds. The number of carbonyl (C=O) groups excluding carboxylic acids is 2. The predicted molar refractivity (Wildman–Crippen MR) is 91.8 cm³/mol. The number of hydrogen-bond acceptors (Lipinski definition) is 3. The largest absolute Gasteiger partial charge is 0.508 e. The van der Waals surface area contributed by atoms with Crippen molar-refractivity contribution in [2.45, 2.75) is 12.8 Å². The lowest BCUT2D eigenvalue weighted by Gasteiger charge is -2.32. The Hall–Kier alpha value is -2.89. The van der Waals surface area contributed by atoms with Crippen LogP contribution in [0.2, 0.25) is 0 Å². The Kier molecular flexibility index (Phi) is 4.97. The molecule has 0 aliphatic carbocycles. The second-order valence-electron chi connectivity index (χ2n) is 6.11. The van der Waals surface area contributed by atoms with Crippen LogP contribution in [0.1, 0.15) is 23.2 Å². The molecule has 1 fully saturated rings. The van der Waals surface area contributed by atoms with Crippen LogP contribution < -0.4 is 5.32 Å². The lowest BCUT2D eigenvalue weighted by Crippen LogP contribution is -2.43. The maximum Gasteiger partial charge on any atom is 0.253 e. The van der Waals surface area contributed by atoms with Crippen LogP contribution in [0.3, 0.4) is 0 Å². The summed E-state index contributed by atoms with van der Waals surface area (Å²) in [5, 5.41) is 11.8. The van der Waals surface area contributed by atoms with Gasteiger partial charge in [-0.3, -0.25) is 9.59 Å². The van der Waals surface area contributed by atoms with Crippen molar-refractivity contribution in [3.05, 3.63) is 59.9 Å². The van der Waals surface area contributed by atoms with Gasteiger partial charge in [-0.05, 0) is 37.1 Å². The smallest absolute Gasteiger partial charge is 0.253 e. The molecule has 0 radical (unpaired) electrons. The molecule has 130 valence electrons. The lowest BCUT2D eigenvalue weighted by molar-refractivity contribution is -0.121. The SMILES string of the molecule is O=C(Nc1ccc(O)cc1F)C1CCCN(C(=O)c2ccccc2)C1. The molecule has 2 aromatic carbocycles. The third kappa shape index (κ3) is 3.96. The van der Waals surface area contributed by atoms with Crippen LogP contribution >= 0.6 is 0 Å². The number of amides is 2. The van der Waals surface area contributed by atoms with Gasteiger partial charge in [0.05, 0.1) is 11.6 Å². The van der Waals surface area contributed by atoms with Crippen LogP contribution in [0.5, 0.6) is 5.75 Å². The van der Waals surface area contributed by atoms with Crippen LogP contribution in [0.4, 0.5) is 10.1 Å². The van der Waals surface area contributed by atoms with Crippen molar-refractivity contribution in [1.82, 2.24) is 4.90 Å². The van der Waals surface area contributed by atoms with Crippen LogP contribution in [-0.4, -0.2) is 34.9 Å². The summed E-state index contributed by atoms with van der Waals surface area (Å²) < 4.78 is 13.8. The molecule has 0 aromatic heterocycles. The number of piperidine rings is 1. The number of likely N-dealkylation sites (tertiary alicyclic amines) is 1. The van der Waals surface area contributed by atoms with E-state index in [-0.39, 0.29) is 23.3 Å². The van der Waals surface area contributed by atoms with Crippen LogP contribution in [0, 0.1) is 11.7 Å². The zero-order valence-corrected chi connectivity index (χ0v) is 13.6.